The molecule has 1 heterocycles. The van der Waals surface area contributed by atoms with Crippen LogP contribution in [0.4, 0.5) is 21.6 Å². The van der Waals surface area contributed by atoms with Gasteiger partial charge in [-0.3, -0.25) is 10.1 Å². The predicted molar refractivity (Wildman–Crippen MR) is 93.7 cm³/mol. The van der Waals surface area contributed by atoms with Crippen molar-refractivity contribution in [2.45, 2.75) is 16.8 Å². The Hall–Kier alpha value is -3.00. The van der Waals surface area contributed by atoms with Gasteiger partial charge >= 0.3 is 5.69 Å². The number of hydrogen-bond acceptors (Lipinski definition) is 6. The van der Waals surface area contributed by atoms with E-state index in [2.05, 4.69) is 15.3 Å². The molecule has 0 amide bonds. The minimum atomic E-state index is -0.525. The Bertz CT molecular complexity index is 836. The molecule has 1 N–H and O–H groups in total. The molecule has 0 aliphatic heterocycles. The zero-order valence-corrected chi connectivity index (χ0v) is 14.0. The Morgan fingerprint density at radius 2 is 1.76 bits per heavy atom. The molecule has 0 saturated heterocycles. The number of aryl methyl sites for hydroxylation is 1. The largest absolute Gasteiger partial charge is 0.343 e. The van der Waals surface area contributed by atoms with Gasteiger partial charge in [-0.05, 0) is 43.3 Å². The number of nitrogens with one attached hydrogen (secondary N) is 1. The maximum Gasteiger partial charge on any atom is 0.343 e. The highest BCUT2D eigenvalue weighted by Gasteiger charge is 2.23. The van der Waals surface area contributed by atoms with Crippen molar-refractivity contribution in [2.75, 3.05) is 5.32 Å². The average Bonchev–Trinajstić information content (AvgIpc) is 2.59. The zero-order valence-electron chi connectivity index (χ0n) is 13.1. The molecule has 0 unspecified atom stereocenters. The first kappa shape index (κ1) is 16.8. The molecule has 0 saturated carbocycles. The van der Waals surface area contributed by atoms with Crippen molar-refractivity contribution >= 4 is 29.0 Å². The second-order valence-corrected chi connectivity index (χ2v) is 6.24. The maximum atomic E-state index is 13.0. The summed E-state index contributed by atoms with van der Waals surface area (Å²) >= 11 is 1.19. The fraction of sp³-hybridized carbons (Fsp3) is 0.0588. The number of hydrogen-bond donors (Lipinski definition) is 1. The van der Waals surface area contributed by atoms with Crippen LogP contribution in [0, 0.1) is 22.9 Å². The van der Waals surface area contributed by atoms with Gasteiger partial charge in [0.15, 0.2) is 5.03 Å². The lowest BCUT2D eigenvalue weighted by Gasteiger charge is -2.08. The molecule has 0 atom stereocenters. The second kappa shape index (κ2) is 7.27. The third-order valence-electron chi connectivity index (χ3n) is 3.31. The van der Waals surface area contributed by atoms with Crippen LogP contribution >= 0.6 is 11.8 Å². The van der Waals surface area contributed by atoms with Crippen LogP contribution < -0.4 is 5.32 Å². The molecule has 1 aromatic heterocycles. The van der Waals surface area contributed by atoms with Crippen molar-refractivity contribution < 1.29 is 9.31 Å². The van der Waals surface area contributed by atoms with E-state index >= 15 is 0 Å². The van der Waals surface area contributed by atoms with E-state index < -0.39 is 10.7 Å². The highest BCUT2D eigenvalue weighted by atomic mass is 32.2. The lowest BCUT2D eigenvalue weighted by Crippen LogP contribution is -2.02. The summed E-state index contributed by atoms with van der Waals surface area (Å²) in [6.07, 6.45) is 1.26. The van der Waals surface area contributed by atoms with Crippen LogP contribution in [0.25, 0.3) is 0 Å². The van der Waals surface area contributed by atoms with Crippen LogP contribution in [0.15, 0.2) is 64.8 Å². The zero-order chi connectivity index (χ0) is 17.8. The smallest absolute Gasteiger partial charge is 0.334 e. The minimum Gasteiger partial charge on any atom is -0.334 e. The van der Waals surface area contributed by atoms with Crippen LogP contribution in [-0.4, -0.2) is 14.9 Å². The predicted octanol–water partition coefficient (Wildman–Crippen LogP) is 4.73. The maximum absolute atomic E-state index is 13.0. The highest BCUT2D eigenvalue weighted by molar-refractivity contribution is 7.99. The van der Waals surface area contributed by atoms with Gasteiger partial charge in [0.25, 0.3) is 0 Å². The first-order chi connectivity index (χ1) is 12.0. The van der Waals surface area contributed by atoms with Gasteiger partial charge in [0, 0.05) is 10.6 Å². The van der Waals surface area contributed by atoms with E-state index in [1.807, 2.05) is 31.2 Å². The third-order valence-corrected chi connectivity index (χ3v) is 4.31. The fourth-order valence-electron chi connectivity index (χ4n) is 2.08. The molecule has 126 valence electrons. The molecule has 0 aliphatic carbocycles. The van der Waals surface area contributed by atoms with E-state index in [-0.39, 0.29) is 16.5 Å². The lowest BCUT2D eigenvalue weighted by atomic mass is 10.2. The molecule has 25 heavy (non-hydrogen) atoms. The SMILES string of the molecule is Cc1ccc(Sc2ncnc(Nc3ccc(F)cc3)c2[N+](=O)[O-])cc1. The number of nitrogens with zero attached hydrogens (tertiary/aromatic N) is 3. The molecule has 0 bridgehead atoms. The summed E-state index contributed by atoms with van der Waals surface area (Å²) in [4.78, 5) is 19.9. The van der Waals surface area contributed by atoms with E-state index in [1.165, 1.54) is 42.4 Å². The average molecular weight is 356 g/mol. The molecule has 8 heteroatoms. The summed E-state index contributed by atoms with van der Waals surface area (Å²) in [6, 6.07) is 13.1. The van der Waals surface area contributed by atoms with Gasteiger partial charge in [-0.15, -0.1) is 0 Å². The summed E-state index contributed by atoms with van der Waals surface area (Å²) in [5, 5.41) is 14.6. The molecule has 3 aromatic rings. The van der Waals surface area contributed by atoms with Crippen molar-refractivity contribution in [3.05, 3.63) is 76.4 Å². The van der Waals surface area contributed by atoms with Gasteiger partial charge in [-0.2, -0.15) is 0 Å². The third kappa shape index (κ3) is 4.10. The molecule has 0 radical (unpaired) electrons. The van der Waals surface area contributed by atoms with E-state index in [0.29, 0.717) is 5.69 Å². The highest BCUT2D eigenvalue weighted by Crippen LogP contribution is 2.37. The standard InChI is InChI=1S/C17H13FN4O2S/c1-11-2-8-14(9-3-11)25-17-15(22(23)24)16(19-10-20-17)21-13-6-4-12(18)5-7-13/h2-10H,1H3,(H,19,20,21). The molecular formula is C17H13FN4O2S. The quantitative estimate of drug-likeness (QED) is 0.404. The molecule has 3 rings (SSSR count). The Morgan fingerprint density at radius 1 is 1.08 bits per heavy atom. The summed E-state index contributed by atoms with van der Waals surface area (Å²) in [5.74, 6) is -0.334. The topological polar surface area (TPSA) is 81.0 Å². The Balaban J connectivity index is 1.94. The summed E-state index contributed by atoms with van der Waals surface area (Å²) in [5.41, 5.74) is 1.37. The van der Waals surface area contributed by atoms with Gasteiger partial charge in [0.2, 0.25) is 5.82 Å². The number of benzene rings is 2. The first-order valence-corrected chi connectivity index (χ1v) is 8.11. The van der Waals surface area contributed by atoms with Crippen molar-refractivity contribution in [3.8, 4) is 0 Å². The van der Waals surface area contributed by atoms with E-state index in [1.54, 1.807) is 0 Å². The Kier molecular flexibility index (Phi) is 4.90. The van der Waals surface area contributed by atoms with E-state index in [9.17, 15) is 14.5 Å². The van der Waals surface area contributed by atoms with Crippen molar-refractivity contribution in [1.82, 2.24) is 9.97 Å². The van der Waals surface area contributed by atoms with Crippen LogP contribution in [0.5, 0.6) is 0 Å². The summed E-state index contributed by atoms with van der Waals surface area (Å²) in [7, 11) is 0. The van der Waals surface area contributed by atoms with Crippen molar-refractivity contribution in [1.29, 1.82) is 0 Å². The normalized spacial score (nSPS) is 10.5. The minimum absolute atomic E-state index is 0.0567. The number of anilines is 2. The Morgan fingerprint density at radius 3 is 2.40 bits per heavy atom. The van der Waals surface area contributed by atoms with Crippen molar-refractivity contribution in [2.24, 2.45) is 0 Å². The molecule has 0 aliphatic rings. The fourth-order valence-corrected chi connectivity index (χ4v) is 2.94. The first-order valence-electron chi connectivity index (χ1n) is 7.29. The second-order valence-electron chi connectivity index (χ2n) is 5.18. The summed E-state index contributed by atoms with van der Waals surface area (Å²) in [6.45, 7) is 1.96. The van der Waals surface area contributed by atoms with Gasteiger partial charge in [0.1, 0.15) is 12.1 Å². The molecule has 0 fully saturated rings. The molecule has 0 spiro atoms. The number of aromatic nitrogens is 2. The number of nitro groups is 1. The van der Waals surface area contributed by atoms with Gasteiger partial charge in [-0.25, -0.2) is 14.4 Å². The molecule has 6 nitrogen and oxygen atoms in total. The van der Waals surface area contributed by atoms with E-state index in [0.717, 1.165) is 10.5 Å². The summed E-state index contributed by atoms with van der Waals surface area (Å²) < 4.78 is 13.0. The van der Waals surface area contributed by atoms with Crippen LogP contribution in [0.1, 0.15) is 5.56 Å². The number of rotatable bonds is 5. The molecule has 2 aromatic carbocycles. The lowest BCUT2D eigenvalue weighted by molar-refractivity contribution is -0.387. The van der Waals surface area contributed by atoms with Gasteiger partial charge in [0.05, 0.1) is 4.92 Å². The van der Waals surface area contributed by atoms with E-state index in [4.69, 9.17) is 0 Å². The van der Waals surface area contributed by atoms with Gasteiger partial charge < -0.3 is 5.32 Å². The number of halogens is 1. The van der Waals surface area contributed by atoms with Crippen LogP contribution in [-0.2, 0) is 0 Å². The van der Waals surface area contributed by atoms with Crippen LogP contribution in [0.3, 0.4) is 0 Å². The monoisotopic (exact) mass is 356 g/mol. The molecular weight excluding hydrogens is 343 g/mol. The van der Waals surface area contributed by atoms with Gasteiger partial charge in [-0.1, -0.05) is 29.5 Å². The Labute approximate surface area is 147 Å². The van der Waals surface area contributed by atoms with Crippen LogP contribution in [0.2, 0.25) is 0 Å². The van der Waals surface area contributed by atoms with Crippen molar-refractivity contribution in [3.63, 3.8) is 0 Å².